The van der Waals surface area contributed by atoms with Gasteiger partial charge in [0.2, 0.25) is 0 Å². The van der Waals surface area contributed by atoms with E-state index in [-0.39, 0.29) is 0 Å². The molecule has 0 aromatic carbocycles. The van der Waals surface area contributed by atoms with E-state index in [4.69, 9.17) is 0 Å². The molecule has 9 heteroatoms. The Morgan fingerprint density at radius 2 is 0.882 bits per heavy atom. The second-order valence-corrected chi connectivity index (χ2v) is 3.25. The Morgan fingerprint density at radius 3 is 1.06 bits per heavy atom. The van der Waals surface area contributed by atoms with Crippen molar-refractivity contribution in [1.82, 2.24) is 0 Å². The Morgan fingerprint density at radius 1 is 0.647 bits per heavy atom. The molecule has 104 valence electrons. The quantitative estimate of drug-likeness (QED) is 0.657. The van der Waals surface area contributed by atoms with Gasteiger partial charge in [0.05, 0.1) is 0 Å². The van der Waals surface area contributed by atoms with E-state index in [1.807, 2.05) is 0 Å². The third kappa shape index (κ3) is 3.20. The van der Waals surface area contributed by atoms with E-state index in [0.29, 0.717) is 13.8 Å². The first kappa shape index (κ1) is 16.4. The van der Waals surface area contributed by atoms with Gasteiger partial charge in [0, 0.05) is 12.8 Å². The SMILES string of the molecule is CCC(F)(F)C(F)(F)OC(F)(F)C(F)(F)CC. The van der Waals surface area contributed by atoms with Crippen molar-refractivity contribution < 1.29 is 39.9 Å². The molecule has 1 nitrogen and oxygen atoms in total. The van der Waals surface area contributed by atoms with Gasteiger partial charge in [0.1, 0.15) is 0 Å². The van der Waals surface area contributed by atoms with E-state index in [2.05, 4.69) is 4.74 Å². The molecule has 0 saturated heterocycles. The van der Waals surface area contributed by atoms with E-state index in [1.54, 1.807) is 0 Å². The average Bonchev–Trinajstić information content (AvgIpc) is 2.15. The standard InChI is InChI=1S/C8H10F8O/c1-3-5(9,10)7(13,14)17-8(15,16)6(11,12)4-2/h3-4H2,1-2H3. The summed E-state index contributed by atoms with van der Waals surface area (Å²) in [6.07, 6.45) is -14.4. The van der Waals surface area contributed by atoms with E-state index in [1.165, 1.54) is 0 Å². The first-order chi connectivity index (χ1) is 7.33. The van der Waals surface area contributed by atoms with Crippen LogP contribution in [0, 0.1) is 0 Å². The van der Waals surface area contributed by atoms with Gasteiger partial charge in [0.15, 0.2) is 0 Å². The van der Waals surface area contributed by atoms with Crippen LogP contribution in [0.25, 0.3) is 0 Å². The van der Waals surface area contributed by atoms with Crippen LogP contribution in [0.5, 0.6) is 0 Å². The van der Waals surface area contributed by atoms with Gasteiger partial charge in [-0.25, -0.2) is 4.74 Å². The topological polar surface area (TPSA) is 9.23 Å². The maximum absolute atomic E-state index is 12.6. The molecular formula is C8H10F8O. The fourth-order valence-electron chi connectivity index (χ4n) is 0.722. The van der Waals surface area contributed by atoms with Crippen molar-refractivity contribution in [3.63, 3.8) is 0 Å². The molecule has 0 radical (unpaired) electrons. The molecule has 17 heavy (non-hydrogen) atoms. The van der Waals surface area contributed by atoms with Crippen LogP contribution in [0.2, 0.25) is 0 Å². The minimum absolute atomic E-state index is 0.577. The molecule has 0 rings (SSSR count). The summed E-state index contributed by atoms with van der Waals surface area (Å²) in [5.41, 5.74) is 0. The Kier molecular flexibility index (Phi) is 4.42. The largest absolute Gasteiger partial charge is 0.423 e. The van der Waals surface area contributed by atoms with Gasteiger partial charge in [0.25, 0.3) is 0 Å². The molecule has 0 N–H and O–H groups in total. The lowest BCUT2D eigenvalue weighted by Gasteiger charge is -2.32. The summed E-state index contributed by atoms with van der Waals surface area (Å²) in [5, 5.41) is 0. The van der Waals surface area contributed by atoms with Crippen molar-refractivity contribution in [2.45, 2.75) is 50.8 Å². The number of alkyl halides is 8. The van der Waals surface area contributed by atoms with E-state index >= 15 is 0 Å². The van der Waals surface area contributed by atoms with Crippen LogP contribution in [0.1, 0.15) is 26.7 Å². The van der Waals surface area contributed by atoms with Crippen LogP contribution >= 0.6 is 0 Å². The lowest BCUT2D eigenvalue weighted by molar-refractivity contribution is -0.467. The van der Waals surface area contributed by atoms with Crippen LogP contribution in [-0.2, 0) is 4.74 Å². The van der Waals surface area contributed by atoms with Crippen molar-refractivity contribution in [2.75, 3.05) is 0 Å². The predicted octanol–water partition coefficient (Wildman–Crippen LogP) is 4.28. The predicted molar refractivity (Wildman–Crippen MR) is 41.5 cm³/mol. The van der Waals surface area contributed by atoms with Gasteiger partial charge >= 0.3 is 24.1 Å². The summed E-state index contributed by atoms with van der Waals surface area (Å²) in [6.45, 7) is 1.15. The summed E-state index contributed by atoms with van der Waals surface area (Å²) in [4.78, 5) is 0. The zero-order valence-electron chi connectivity index (χ0n) is 8.85. The van der Waals surface area contributed by atoms with E-state index < -0.39 is 36.9 Å². The van der Waals surface area contributed by atoms with Crippen LogP contribution in [-0.4, -0.2) is 24.1 Å². The molecule has 0 amide bonds. The highest BCUT2D eigenvalue weighted by atomic mass is 19.3. The van der Waals surface area contributed by atoms with Crippen molar-refractivity contribution >= 4 is 0 Å². The van der Waals surface area contributed by atoms with Crippen molar-refractivity contribution in [3.8, 4) is 0 Å². The fraction of sp³-hybridized carbons (Fsp3) is 1.00. The summed E-state index contributed by atoms with van der Waals surface area (Å²) in [6, 6.07) is 0. The summed E-state index contributed by atoms with van der Waals surface area (Å²) >= 11 is 0. The molecule has 0 heterocycles. The Labute approximate surface area is 91.7 Å². The highest BCUT2D eigenvalue weighted by Gasteiger charge is 2.67. The molecule has 0 unspecified atom stereocenters. The summed E-state index contributed by atoms with van der Waals surface area (Å²) in [5.74, 6) is -9.92. The number of hydrogen-bond donors (Lipinski definition) is 0. The minimum Gasteiger partial charge on any atom is -0.246 e. The normalized spacial score (nSPS) is 15.2. The molecule has 0 aliphatic carbocycles. The van der Waals surface area contributed by atoms with Gasteiger partial charge in [-0.15, -0.1) is 0 Å². The van der Waals surface area contributed by atoms with Crippen LogP contribution in [0.3, 0.4) is 0 Å². The van der Waals surface area contributed by atoms with Crippen molar-refractivity contribution in [1.29, 1.82) is 0 Å². The molecule has 0 saturated carbocycles. The van der Waals surface area contributed by atoms with E-state index in [0.717, 1.165) is 0 Å². The fourth-order valence-corrected chi connectivity index (χ4v) is 0.722. The lowest BCUT2D eigenvalue weighted by atomic mass is 10.2. The number of halogens is 8. The molecule has 0 aromatic rings. The second kappa shape index (κ2) is 4.58. The summed E-state index contributed by atoms with van der Waals surface area (Å²) < 4.78 is 103. The van der Waals surface area contributed by atoms with Gasteiger partial charge in [-0.2, -0.15) is 35.1 Å². The molecule has 0 aromatic heterocycles. The minimum atomic E-state index is -5.68. The van der Waals surface area contributed by atoms with Gasteiger partial charge in [-0.1, -0.05) is 13.8 Å². The third-order valence-corrected chi connectivity index (χ3v) is 2.00. The third-order valence-electron chi connectivity index (χ3n) is 2.00. The first-order valence-corrected chi connectivity index (χ1v) is 4.54. The molecule has 0 aliphatic rings. The van der Waals surface area contributed by atoms with Crippen LogP contribution in [0.4, 0.5) is 35.1 Å². The van der Waals surface area contributed by atoms with Gasteiger partial charge in [-0.3, -0.25) is 0 Å². The molecule has 0 spiro atoms. The Hall–Kier alpha value is -0.600. The first-order valence-electron chi connectivity index (χ1n) is 4.54. The molecule has 0 atom stereocenters. The Bertz CT molecular complexity index is 236. The average molecular weight is 274 g/mol. The van der Waals surface area contributed by atoms with Crippen LogP contribution in [0.15, 0.2) is 0 Å². The highest BCUT2D eigenvalue weighted by Crippen LogP contribution is 2.46. The van der Waals surface area contributed by atoms with Crippen molar-refractivity contribution in [3.05, 3.63) is 0 Å². The molecular weight excluding hydrogens is 264 g/mol. The monoisotopic (exact) mass is 274 g/mol. The number of hydrogen-bond acceptors (Lipinski definition) is 1. The molecule has 0 bridgehead atoms. The van der Waals surface area contributed by atoms with Crippen LogP contribution < -0.4 is 0 Å². The highest BCUT2D eigenvalue weighted by molar-refractivity contribution is 4.82. The molecule has 0 aliphatic heterocycles. The number of ether oxygens (including phenoxy) is 1. The van der Waals surface area contributed by atoms with E-state index in [9.17, 15) is 35.1 Å². The molecule has 0 fully saturated rings. The maximum atomic E-state index is 12.6. The van der Waals surface area contributed by atoms with Gasteiger partial charge in [-0.05, 0) is 0 Å². The van der Waals surface area contributed by atoms with Crippen molar-refractivity contribution in [2.24, 2.45) is 0 Å². The number of rotatable bonds is 6. The maximum Gasteiger partial charge on any atom is 0.423 e. The lowest BCUT2D eigenvalue weighted by Crippen LogP contribution is -2.52. The zero-order valence-corrected chi connectivity index (χ0v) is 8.85. The smallest absolute Gasteiger partial charge is 0.246 e. The Balaban J connectivity index is 5.07. The van der Waals surface area contributed by atoms with Gasteiger partial charge < -0.3 is 0 Å². The zero-order chi connectivity index (χ0) is 14.1. The summed E-state index contributed by atoms with van der Waals surface area (Å²) in [7, 11) is 0. The second-order valence-electron chi connectivity index (χ2n) is 3.25.